The van der Waals surface area contributed by atoms with Gasteiger partial charge in [-0.05, 0) is 24.1 Å². The Morgan fingerprint density at radius 1 is 1.25 bits per heavy atom. The summed E-state index contributed by atoms with van der Waals surface area (Å²) in [7, 11) is 0. The highest BCUT2D eigenvalue weighted by atomic mass is 16.6. The number of nitrogens with one attached hydrogen (secondary N) is 1. The van der Waals surface area contributed by atoms with Gasteiger partial charge in [0.1, 0.15) is 5.69 Å². The molecule has 2 aromatic rings. The molecule has 0 spiro atoms. The number of aliphatic hydroxyl groups is 1. The van der Waals surface area contributed by atoms with Crippen LogP contribution in [0.4, 0.5) is 11.4 Å². The second-order valence-electron chi connectivity index (χ2n) is 4.59. The average molecular weight is 272 g/mol. The summed E-state index contributed by atoms with van der Waals surface area (Å²) < 4.78 is 0. The third-order valence-corrected chi connectivity index (χ3v) is 3.02. The number of hydrogen-bond donors (Lipinski definition) is 2. The van der Waals surface area contributed by atoms with Crippen LogP contribution >= 0.6 is 0 Å². The molecule has 20 heavy (non-hydrogen) atoms. The molecule has 0 aliphatic carbocycles. The normalized spacial score (nSPS) is 11.9. The van der Waals surface area contributed by atoms with Crippen LogP contribution in [0.5, 0.6) is 0 Å². The maximum Gasteiger partial charge on any atom is 0.292 e. The monoisotopic (exact) mass is 272 g/mol. The van der Waals surface area contributed by atoms with E-state index in [4.69, 9.17) is 0 Å². The molecular weight excluding hydrogens is 256 g/mol. The molecule has 1 unspecified atom stereocenters. The Morgan fingerprint density at radius 3 is 2.60 bits per heavy atom. The summed E-state index contributed by atoms with van der Waals surface area (Å²) in [4.78, 5) is 10.6. The predicted molar refractivity (Wildman–Crippen MR) is 77.7 cm³/mol. The van der Waals surface area contributed by atoms with E-state index in [1.54, 1.807) is 19.1 Å². The number of nitro benzene ring substituents is 1. The molecule has 0 aromatic heterocycles. The van der Waals surface area contributed by atoms with Crippen LogP contribution in [0, 0.1) is 17.0 Å². The van der Waals surface area contributed by atoms with E-state index >= 15 is 0 Å². The SMILES string of the molecule is Cc1ccc(NCC(O)c2ccccc2)c([N+](=O)[O-])c1. The smallest absolute Gasteiger partial charge is 0.292 e. The van der Waals surface area contributed by atoms with E-state index in [9.17, 15) is 15.2 Å². The zero-order valence-electron chi connectivity index (χ0n) is 11.1. The van der Waals surface area contributed by atoms with Gasteiger partial charge in [-0.3, -0.25) is 10.1 Å². The second kappa shape index (κ2) is 6.16. The molecule has 0 bridgehead atoms. The van der Waals surface area contributed by atoms with E-state index < -0.39 is 11.0 Å². The first-order chi connectivity index (χ1) is 9.58. The number of benzene rings is 2. The van der Waals surface area contributed by atoms with E-state index in [1.807, 2.05) is 30.3 Å². The standard InChI is InChI=1S/C15H16N2O3/c1-11-7-8-13(14(9-11)17(19)20)16-10-15(18)12-5-3-2-4-6-12/h2-9,15-16,18H,10H2,1H3. The van der Waals surface area contributed by atoms with Crippen molar-refractivity contribution in [3.63, 3.8) is 0 Å². The molecular formula is C15H16N2O3. The van der Waals surface area contributed by atoms with Crippen LogP contribution in [0.1, 0.15) is 17.2 Å². The topological polar surface area (TPSA) is 75.4 Å². The van der Waals surface area contributed by atoms with Crippen LogP contribution in [-0.2, 0) is 0 Å². The maximum absolute atomic E-state index is 11.0. The van der Waals surface area contributed by atoms with Crippen LogP contribution in [0.25, 0.3) is 0 Å². The van der Waals surface area contributed by atoms with Gasteiger partial charge in [0.15, 0.2) is 0 Å². The first-order valence-electron chi connectivity index (χ1n) is 6.30. The molecule has 104 valence electrons. The summed E-state index contributed by atoms with van der Waals surface area (Å²) in [5.41, 5.74) is 2.03. The highest BCUT2D eigenvalue weighted by molar-refractivity contribution is 5.62. The molecule has 5 heteroatoms. The van der Waals surface area contributed by atoms with Crippen molar-refractivity contribution in [2.75, 3.05) is 11.9 Å². The van der Waals surface area contributed by atoms with Gasteiger partial charge in [-0.25, -0.2) is 0 Å². The minimum absolute atomic E-state index is 0.0188. The summed E-state index contributed by atoms with van der Waals surface area (Å²) in [6.07, 6.45) is -0.711. The van der Waals surface area contributed by atoms with Crippen LogP contribution in [0.3, 0.4) is 0 Å². The number of nitrogens with zero attached hydrogens (tertiary/aromatic N) is 1. The molecule has 2 rings (SSSR count). The van der Waals surface area contributed by atoms with E-state index in [1.165, 1.54) is 6.07 Å². The van der Waals surface area contributed by atoms with Crippen molar-refractivity contribution >= 4 is 11.4 Å². The zero-order chi connectivity index (χ0) is 14.5. The fourth-order valence-electron chi connectivity index (χ4n) is 1.94. The molecule has 2 N–H and O–H groups in total. The summed E-state index contributed by atoms with van der Waals surface area (Å²) in [6.45, 7) is 2.02. The Labute approximate surface area is 117 Å². The lowest BCUT2D eigenvalue weighted by atomic mass is 10.1. The second-order valence-corrected chi connectivity index (χ2v) is 4.59. The molecule has 0 heterocycles. The Morgan fingerprint density at radius 2 is 1.95 bits per heavy atom. The zero-order valence-corrected chi connectivity index (χ0v) is 11.1. The molecule has 0 aliphatic rings. The molecule has 5 nitrogen and oxygen atoms in total. The van der Waals surface area contributed by atoms with E-state index in [2.05, 4.69) is 5.32 Å². The molecule has 0 fully saturated rings. The lowest BCUT2D eigenvalue weighted by molar-refractivity contribution is -0.384. The van der Waals surface area contributed by atoms with Gasteiger partial charge in [-0.2, -0.15) is 0 Å². The summed E-state index contributed by atoms with van der Waals surface area (Å²) in [5, 5.41) is 24.0. The molecule has 0 saturated heterocycles. The summed E-state index contributed by atoms with van der Waals surface area (Å²) in [5.74, 6) is 0. The van der Waals surface area contributed by atoms with Crippen LogP contribution in [0.15, 0.2) is 48.5 Å². The minimum Gasteiger partial charge on any atom is -0.387 e. The molecule has 0 amide bonds. The summed E-state index contributed by atoms with van der Waals surface area (Å²) in [6, 6.07) is 14.1. The van der Waals surface area contributed by atoms with Gasteiger partial charge in [0.2, 0.25) is 0 Å². The van der Waals surface area contributed by atoms with E-state index in [0.717, 1.165) is 11.1 Å². The fourth-order valence-corrected chi connectivity index (χ4v) is 1.94. The van der Waals surface area contributed by atoms with Gasteiger partial charge < -0.3 is 10.4 Å². The number of rotatable bonds is 5. The number of hydrogen-bond acceptors (Lipinski definition) is 4. The van der Waals surface area contributed by atoms with E-state index in [0.29, 0.717) is 5.69 Å². The predicted octanol–water partition coefficient (Wildman–Crippen LogP) is 3.05. The quantitative estimate of drug-likeness (QED) is 0.648. The minimum atomic E-state index is -0.711. The lowest BCUT2D eigenvalue weighted by Gasteiger charge is -2.13. The third kappa shape index (κ3) is 3.33. The fraction of sp³-hybridized carbons (Fsp3) is 0.200. The van der Waals surface area contributed by atoms with Gasteiger partial charge in [-0.1, -0.05) is 36.4 Å². The van der Waals surface area contributed by atoms with Crippen molar-refractivity contribution in [2.24, 2.45) is 0 Å². The Bertz CT molecular complexity index is 599. The van der Waals surface area contributed by atoms with Crippen LogP contribution < -0.4 is 5.32 Å². The van der Waals surface area contributed by atoms with Crippen molar-refractivity contribution in [3.8, 4) is 0 Å². The first-order valence-corrected chi connectivity index (χ1v) is 6.30. The van der Waals surface area contributed by atoms with Crippen molar-refractivity contribution in [1.82, 2.24) is 0 Å². The van der Waals surface area contributed by atoms with Gasteiger partial charge in [-0.15, -0.1) is 0 Å². The molecule has 0 saturated carbocycles. The van der Waals surface area contributed by atoms with Crippen molar-refractivity contribution in [1.29, 1.82) is 0 Å². The molecule has 2 aromatic carbocycles. The molecule has 0 aliphatic heterocycles. The van der Waals surface area contributed by atoms with Gasteiger partial charge in [0.25, 0.3) is 5.69 Å². The number of aliphatic hydroxyl groups excluding tert-OH is 1. The molecule has 0 radical (unpaired) electrons. The number of aryl methyl sites for hydroxylation is 1. The van der Waals surface area contributed by atoms with Crippen molar-refractivity contribution in [2.45, 2.75) is 13.0 Å². The van der Waals surface area contributed by atoms with Crippen LogP contribution in [0.2, 0.25) is 0 Å². The molecule has 1 atom stereocenters. The van der Waals surface area contributed by atoms with Crippen molar-refractivity contribution < 1.29 is 10.0 Å². The van der Waals surface area contributed by atoms with Gasteiger partial charge >= 0.3 is 0 Å². The largest absolute Gasteiger partial charge is 0.387 e. The van der Waals surface area contributed by atoms with Crippen molar-refractivity contribution in [3.05, 3.63) is 69.8 Å². The van der Waals surface area contributed by atoms with E-state index in [-0.39, 0.29) is 12.2 Å². The Hall–Kier alpha value is -2.40. The Balaban J connectivity index is 2.09. The highest BCUT2D eigenvalue weighted by Gasteiger charge is 2.15. The third-order valence-electron chi connectivity index (χ3n) is 3.02. The summed E-state index contributed by atoms with van der Waals surface area (Å²) >= 11 is 0. The number of anilines is 1. The highest BCUT2D eigenvalue weighted by Crippen LogP contribution is 2.26. The van der Waals surface area contributed by atoms with Crippen LogP contribution in [-0.4, -0.2) is 16.6 Å². The first kappa shape index (κ1) is 14.0. The maximum atomic E-state index is 11.0. The lowest BCUT2D eigenvalue weighted by Crippen LogP contribution is -2.13. The average Bonchev–Trinajstić information content (AvgIpc) is 2.46. The van der Waals surface area contributed by atoms with Gasteiger partial charge in [0, 0.05) is 12.6 Å². The van der Waals surface area contributed by atoms with Gasteiger partial charge in [0.05, 0.1) is 11.0 Å². The Kier molecular flexibility index (Phi) is 4.32. The number of nitro groups is 1.